The van der Waals surface area contributed by atoms with Gasteiger partial charge >= 0.3 is 0 Å². The Hall–Kier alpha value is -1.82. The van der Waals surface area contributed by atoms with Crippen molar-refractivity contribution in [3.63, 3.8) is 0 Å². The van der Waals surface area contributed by atoms with Gasteiger partial charge in [0, 0.05) is 25.0 Å². The van der Waals surface area contributed by atoms with Crippen molar-refractivity contribution in [3.05, 3.63) is 24.3 Å². The van der Waals surface area contributed by atoms with Crippen LogP contribution < -0.4 is 15.4 Å². The van der Waals surface area contributed by atoms with Crippen molar-refractivity contribution >= 4 is 28.9 Å². The van der Waals surface area contributed by atoms with E-state index in [0.717, 1.165) is 50.2 Å². The Labute approximate surface area is 142 Å². The number of carbonyl (C=O) groups is 1. The Kier molecular flexibility index (Phi) is 5.00. The normalized spacial score (nSPS) is 18.4. The summed E-state index contributed by atoms with van der Waals surface area (Å²) in [6.45, 7) is 1.72. The number of carbonyl (C=O) groups excluding carboxylic acids is 1. The van der Waals surface area contributed by atoms with E-state index < -0.39 is 0 Å². The number of hydrogen-bond acceptors (Lipinski definition) is 3. The standard InChI is InChI=1S/C17H23N3O2S/c1-22-15-5-3-2-4-14(15)19-17(23)20-10-8-13(9-11-20)18-16(21)12-6-7-12/h2-5,12-13H,6-11H2,1H3,(H,18,21)(H,19,23). The highest BCUT2D eigenvalue weighted by atomic mass is 32.1. The Balaban J connectivity index is 1.49. The SMILES string of the molecule is COc1ccccc1NC(=S)N1CCC(NC(=O)C2CC2)CC1. The lowest BCUT2D eigenvalue weighted by atomic mass is 10.1. The van der Waals surface area contributed by atoms with Gasteiger partial charge in [0.05, 0.1) is 12.8 Å². The molecule has 23 heavy (non-hydrogen) atoms. The molecule has 1 amide bonds. The minimum Gasteiger partial charge on any atom is -0.495 e. The number of hydrogen-bond donors (Lipinski definition) is 2. The summed E-state index contributed by atoms with van der Waals surface area (Å²) in [5.41, 5.74) is 0.879. The van der Waals surface area contributed by atoms with E-state index in [1.165, 1.54) is 0 Å². The molecule has 0 bridgehead atoms. The summed E-state index contributed by atoms with van der Waals surface area (Å²) in [6.07, 6.45) is 3.98. The molecular weight excluding hydrogens is 310 g/mol. The Morgan fingerprint density at radius 1 is 1.22 bits per heavy atom. The highest BCUT2D eigenvalue weighted by Gasteiger charge is 2.32. The topological polar surface area (TPSA) is 53.6 Å². The fourth-order valence-corrected chi connectivity index (χ4v) is 3.13. The molecule has 1 aromatic carbocycles. The number of amides is 1. The monoisotopic (exact) mass is 333 g/mol. The average Bonchev–Trinajstić information content (AvgIpc) is 3.41. The molecule has 0 aromatic heterocycles. The first-order valence-corrected chi connectivity index (χ1v) is 8.57. The molecule has 2 aliphatic rings. The van der Waals surface area contributed by atoms with Gasteiger partial charge in [0.2, 0.25) is 5.91 Å². The van der Waals surface area contributed by atoms with E-state index >= 15 is 0 Å². The van der Waals surface area contributed by atoms with Gasteiger partial charge in [0.25, 0.3) is 0 Å². The smallest absolute Gasteiger partial charge is 0.223 e. The van der Waals surface area contributed by atoms with Gasteiger partial charge in [-0.15, -0.1) is 0 Å². The highest BCUT2D eigenvalue weighted by Crippen LogP contribution is 2.29. The zero-order chi connectivity index (χ0) is 16.2. The molecule has 1 saturated heterocycles. The van der Waals surface area contributed by atoms with Crippen LogP contribution in [0, 0.1) is 5.92 Å². The van der Waals surface area contributed by atoms with Crippen LogP contribution in [0.4, 0.5) is 5.69 Å². The molecule has 0 spiro atoms. The van der Waals surface area contributed by atoms with Crippen LogP contribution in [0.15, 0.2) is 24.3 Å². The Morgan fingerprint density at radius 2 is 1.91 bits per heavy atom. The van der Waals surface area contributed by atoms with Crippen LogP contribution in [0.1, 0.15) is 25.7 Å². The van der Waals surface area contributed by atoms with Crippen LogP contribution in [0.2, 0.25) is 0 Å². The fourth-order valence-electron chi connectivity index (χ4n) is 2.83. The van der Waals surface area contributed by atoms with Crippen LogP contribution in [0.3, 0.4) is 0 Å². The molecule has 6 heteroatoms. The second-order valence-electron chi connectivity index (χ2n) is 6.17. The summed E-state index contributed by atoms with van der Waals surface area (Å²) in [7, 11) is 1.65. The van der Waals surface area contributed by atoms with E-state index in [0.29, 0.717) is 5.11 Å². The molecule has 1 saturated carbocycles. The number of thiocarbonyl (C=S) groups is 1. The van der Waals surface area contributed by atoms with E-state index in [1.54, 1.807) is 7.11 Å². The number of rotatable bonds is 4. The van der Waals surface area contributed by atoms with Crippen LogP contribution in [0.5, 0.6) is 5.75 Å². The van der Waals surface area contributed by atoms with E-state index in [4.69, 9.17) is 17.0 Å². The average molecular weight is 333 g/mol. The van der Waals surface area contributed by atoms with Crippen molar-refractivity contribution in [2.75, 3.05) is 25.5 Å². The fraction of sp³-hybridized carbons (Fsp3) is 0.529. The number of benzene rings is 1. The van der Waals surface area contributed by atoms with Crippen LogP contribution in [-0.4, -0.2) is 42.2 Å². The van der Waals surface area contributed by atoms with Crippen molar-refractivity contribution in [1.29, 1.82) is 0 Å². The van der Waals surface area contributed by atoms with Gasteiger partial charge in [-0.1, -0.05) is 12.1 Å². The summed E-state index contributed by atoms with van der Waals surface area (Å²) < 4.78 is 5.33. The number of piperidine rings is 1. The third kappa shape index (κ3) is 4.13. The van der Waals surface area contributed by atoms with Crippen molar-refractivity contribution < 1.29 is 9.53 Å². The van der Waals surface area contributed by atoms with E-state index in [9.17, 15) is 4.79 Å². The molecule has 0 radical (unpaired) electrons. The van der Waals surface area contributed by atoms with Crippen molar-refractivity contribution in [1.82, 2.24) is 10.2 Å². The van der Waals surface area contributed by atoms with Gasteiger partial charge in [-0.25, -0.2) is 0 Å². The third-order valence-electron chi connectivity index (χ3n) is 4.43. The molecule has 0 unspecified atom stereocenters. The van der Waals surface area contributed by atoms with Gasteiger partial charge in [-0.05, 0) is 50.0 Å². The Bertz CT molecular complexity index is 581. The van der Waals surface area contributed by atoms with Gasteiger partial charge < -0.3 is 20.3 Å². The summed E-state index contributed by atoms with van der Waals surface area (Å²) >= 11 is 5.51. The van der Waals surface area contributed by atoms with Crippen molar-refractivity contribution in [3.8, 4) is 5.75 Å². The number of anilines is 1. The summed E-state index contributed by atoms with van der Waals surface area (Å²) in [6, 6.07) is 8.03. The number of para-hydroxylation sites is 2. The number of ether oxygens (including phenoxy) is 1. The highest BCUT2D eigenvalue weighted by molar-refractivity contribution is 7.80. The molecule has 1 aliphatic heterocycles. The minimum atomic E-state index is 0.234. The zero-order valence-corrected chi connectivity index (χ0v) is 14.2. The van der Waals surface area contributed by atoms with Gasteiger partial charge in [-0.2, -0.15) is 0 Å². The molecule has 124 valence electrons. The molecule has 2 fully saturated rings. The first-order chi connectivity index (χ1) is 11.2. The third-order valence-corrected chi connectivity index (χ3v) is 4.79. The molecule has 2 N–H and O–H groups in total. The lowest BCUT2D eigenvalue weighted by molar-refractivity contribution is -0.123. The molecule has 0 atom stereocenters. The predicted molar refractivity (Wildman–Crippen MR) is 94.7 cm³/mol. The molecule has 1 aromatic rings. The predicted octanol–water partition coefficient (Wildman–Crippen LogP) is 2.38. The van der Waals surface area contributed by atoms with E-state index in [2.05, 4.69) is 15.5 Å². The lowest BCUT2D eigenvalue weighted by Gasteiger charge is -2.34. The minimum absolute atomic E-state index is 0.234. The summed E-state index contributed by atoms with van der Waals surface area (Å²) in [5.74, 6) is 1.29. The summed E-state index contributed by atoms with van der Waals surface area (Å²) in [5, 5.41) is 7.13. The van der Waals surface area contributed by atoms with Crippen LogP contribution >= 0.6 is 12.2 Å². The maximum absolute atomic E-state index is 11.8. The molecule has 1 heterocycles. The Morgan fingerprint density at radius 3 is 2.57 bits per heavy atom. The second-order valence-corrected chi connectivity index (χ2v) is 6.56. The van der Waals surface area contributed by atoms with Gasteiger partial charge in [0.1, 0.15) is 5.75 Å². The number of nitrogens with one attached hydrogen (secondary N) is 2. The second kappa shape index (κ2) is 7.17. The van der Waals surface area contributed by atoms with Crippen molar-refractivity contribution in [2.45, 2.75) is 31.7 Å². The quantitative estimate of drug-likeness (QED) is 0.829. The van der Waals surface area contributed by atoms with Gasteiger partial charge in [-0.3, -0.25) is 4.79 Å². The maximum Gasteiger partial charge on any atom is 0.223 e. The molecule has 5 nitrogen and oxygen atoms in total. The zero-order valence-electron chi connectivity index (χ0n) is 13.4. The maximum atomic E-state index is 11.8. The first kappa shape index (κ1) is 16.1. The number of methoxy groups -OCH3 is 1. The van der Waals surface area contributed by atoms with Crippen molar-refractivity contribution in [2.24, 2.45) is 5.92 Å². The van der Waals surface area contributed by atoms with Gasteiger partial charge in [0.15, 0.2) is 5.11 Å². The largest absolute Gasteiger partial charge is 0.495 e. The molecular formula is C17H23N3O2S. The molecule has 3 rings (SSSR count). The number of nitrogens with zero attached hydrogens (tertiary/aromatic N) is 1. The number of likely N-dealkylation sites (tertiary alicyclic amines) is 1. The molecule has 1 aliphatic carbocycles. The van der Waals surface area contributed by atoms with Crippen LogP contribution in [-0.2, 0) is 4.79 Å². The summed E-state index contributed by atoms with van der Waals surface area (Å²) in [4.78, 5) is 14.0. The lowest BCUT2D eigenvalue weighted by Crippen LogP contribution is -2.48. The van der Waals surface area contributed by atoms with E-state index in [1.807, 2.05) is 24.3 Å². The van der Waals surface area contributed by atoms with E-state index in [-0.39, 0.29) is 17.9 Å². The van der Waals surface area contributed by atoms with Crippen LogP contribution in [0.25, 0.3) is 0 Å². The first-order valence-electron chi connectivity index (χ1n) is 8.16.